The smallest absolute Gasteiger partial charge is 0.306 e. The quantitative estimate of drug-likeness (QED) is 0.383. The van der Waals surface area contributed by atoms with E-state index in [0.29, 0.717) is 22.2 Å². The third kappa shape index (κ3) is 4.61. The SMILES string of the molecule is COC(OC)c1nn(Cc2c(C)cccc2C#N)c2cc(C(F)(F)COC(C)=O)ccc12. The van der Waals surface area contributed by atoms with Crippen molar-refractivity contribution in [2.24, 2.45) is 0 Å². The van der Waals surface area contributed by atoms with Crippen LogP contribution < -0.4 is 0 Å². The van der Waals surface area contributed by atoms with Gasteiger partial charge in [-0.2, -0.15) is 19.1 Å². The summed E-state index contributed by atoms with van der Waals surface area (Å²) in [5, 5.41) is 14.6. The van der Waals surface area contributed by atoms with Crippen molar-refractivity contribution in [1.82, 2.24) is 9.78 Å². The van der Waals surface area contributed by atoms with Crippen LogP contribution in [0, 0.1) is 18.3 Å². The molecule has 0 saturated carbocycles. The minimum absolute atomic E-state index is 0.186. The van der Waals surface area contributed by atoms with Gasteiger partial charge in [0.2, 0.25) is 6.29 Å². The lowest BCUT2D eigenvalue weighted by molar-refractivity contribution is -0.153. The number of nitrogens with zero attached hydrogens (tertiary/aromatic N) is 3. The van der Waals surface area contributed by atoms with E-state index in [0.717, 1.165) is 18.1 Å². The third-order valence-corrected chi connectivity index (χ3v) is 5.15. The van der Waals surface area contributed by atoms with E-state index >= 15 is 0 Å². The molecule has 0 unspecified atom stereocenters. The van der Waals surface area contributed by atoms with Crippen molar-refractivity contribution in [3.05, 3.63) is 64.3 Å². The fourth-order valence-electron chi connectivity index (χ4n) is 3.48. The van der Waals surface area contributed by atoms with Gasteiger partial charge in [0.1, 0.15) is 5.69 Å². The molecule has 0 bridgehead atoms. The lowest BCUT2D eigenvalue weighted by Gasteiger charge is -2.17. The highest BCUT2D eigenvalue weighted by molar-refractivity contribution is 5.83. The Bertz CT molecular complexity index is 1180. The van der Waals surface area contributed by atoms with Crippen molar-refractivity contribution in [2.75, 3.05) is 20.8 Å². The molecule has 0 spiro atoms. The molecule has 0 N–H and O–H groups in total. The van der Waals surface area contributed by atoms with Gasteiger partial charge in [-0.25, -0.2) is 0 Å². The highest BCUT2D eigenvalue weighted by atomic mass is 19.3. The summed E-state index contributed by atoms with van der Waals surface area (Å²) >= 11 is 0. The number of aromatic nitrogens is 2. The highest BCUT2D eigenvalue weighted by Gasteiger charge is 2.34. The van der Waals surface area contributed by atoms with Crippen LogP contribution in [0.25, 0.3) is 10.9 Å². The number of aryl methyl sites for hydroxylation is 1. The standard InChI is InChI=1S/C23H23F2N3O4/c1-14-6-5-7-16(11-26)19(14)12-28-20-10-17(23(24,25)13-32-15(2)29)8-9-18(20)21(27-28)22(30-3)31-4/h5-10,22H,12-13H2,1-4H3. The summed E-state index contributed by atoms with van der Waals surface area (Å²) in [5.74, 6) is -4.18. The number of hydrogen-bond acceptors (Lipinski definition) is 6. The van der Waals surface area contributed by atoms with Crippen LogP contribution in [-0.4, -0.2) is 36.6 Å². The second-order valence-electron chi connectivity index (χ2n) is 7.28. The Morgan fingerprint density at radius 3 is 2.59 bits per heavy atom. The van der Waals surface area contributed by atoms with Crippen LogP contribution in [0.1, 0.15) is 41.2 Å². The predicted molar refractivity (Wildman–Crippen MR) is 112 cm³/mol. The number of halogens is 2. The predicted octanol–water partition coefficient (Wildman–Crippen LogP) is 4.21. The molecule has 9 heteroatoms. The molecule has 1 heterocycles. The molecule has 7 nitrogen and oxygen atoms in total. The Kier molecular flexibility index (Phi) is 6.87. The van der Waals surface area contributed by atoms with Gasteiger partial charge in [-0.15, -0.1) is 0 Å². The maximum absolute atomic E-state index is 14.7. The van der Waals surface area contributed by atoms with Crippen molar-refractivity contribution in [2.45, 2.75) is 32.6 Å². The van der Waals surface area contributed by atoms with E-state index in [4.69, 9.17) is 9.47 Å². The topological polar surface area (TPSA) is 86.4 Å². The summed E-state index contributed by atoms with van der Waals surface area (Å²) in [4.78, 5) is 11.0. The van der Waals surface area contributed by atoms with E-state index in [9.17, 15) is 18.8 Å². The summed E-state index contributed by atoms with van der Waals surface area (Å²) in [6, 6.07) is 11.6. The molecule has 0 radical (unpaired) electrons. The summed E-state index contributed by atoms with van der Waals surface area (Å²) in [6.45, 7) is 2.06. The van der Waals surface area contributed by atoms with Crippen LogP contribution in [0.5, 0.6) is 0 Å². The number of hydrogen-bond donors (Lipinski definition) is 0. The number of carbonyl (C=O) groups is 1. The molecule has 32 heavy (non-hydrogen) atoms. The van der Waals surface area contributed by atoms with E-state index in [1.54, 1.807) is 16.8 Å². The number of fused-ring (bicyclic) bond motifs is 1. The molecule has 0 aliphatic heterocycles. The van der Waals surface area contributed by atoms with Gasteiger partial charge in [-0.3, -0.25) is 9.48 Å². The fourth-order valence-corrected chi connectivity index (χ4v) is 3.48. The molecule has 0 aliphatic carbocycles. The third-order valence-electron chi connectivity index (χ3n) is 5.15. The normalized spacial score (nSPS) is 11.7. The number of carbonyl (C=O) groups excluding carboxylic acids is 1. The molecule has 0 aliphatic rings. The van der Waals surface area contributed by atoms with Crippen molar-refractivity contribution in [1.29, 1.82) is 5.26 Å². The molecule has 0 amide bonds. The van der Waals surface area contributed by atoms with E-state index in [2.05, 4.69) is 15.9 Å². The largest absolute Gasteiger partial charge is 0.459 e. The number of ether oxygens (including phenoxy) is 3. The minimum atomic E-state index is -3.39. The van der Waals surface area contributed by atoms with Crippen molar-refractivity contribution in [3.8, 4) is 6.07 Å². The fraction of sp³-hybridized carbons (Fsp3) is 0.348. The molecule has 1 aromatic heterocycles. The Labute approximate surface area is 184 Å². The minimum Gasteiger partial charge on any atom is -0.459 e. The summed E-state index contributed by atoms with van der Waals surface area (Å²) in [6.07, 6.45) is -0.807. The van der Waals surface area contributed by atoms with E-state index in [1.807, 2.05) is 13.0 Å². The zero-order chi connectivity index (χ0) is 23.5. The molecule has 3 rings (SSSR count). The number of nitriles is 1. The molecule has 0 saturated heterocycles. The number of rotatable bonds is 8. The first-order valence-corrected chi connectivity index (χ1v) is 9.78. The van der Waals surface area contributed by atoms with Crippen molar-refractivity contribution >= 4 is 16.9 Å². The van der Waals surface area contributed by atoms with Gasteiger partial charge in [-0.05, 0) is 30.2 Å². The second kappa shape index (κ2) is 9.42. The van der Waals surface area contributed by atoms with E-state index in [-0.39, 0.29) is 12.1 Å². The number of esters is 1. The highest BCUT2D eigenvalue weighted by Crippen LogP contribution is 2.34. The summed E-state index contributed by atoms with van der Waals surface area (Å²) < 4.78 is 46.1. The lowest BCUT2D eigenvalue weighted by Crippen LogP contribution is -2.22. The number of alkyl halides is 2. The monoisotopic (exact) mass is 443 g/mol. The first-order valence-electron chi connectivity index (χ1n) is 9.78. The molecule has 168 valence electrons. The van der Waals surface area contributed by atoms with Crippen LogP contribution >= 0.6 is 0 Å². The first kappa shape index (κ1) is 23.3. The van der Waals surface area contributed by atoms with Crippen LogP contribution in [-0.2, 0) is 31.5 Å². The zero-order valence-corrected chi connectivity index (χ0v) is 18.2. The Morgan fingerprint density at radius 2 is 1.97 bits per heavy atom. The molecular weight excluding hydrogens is 420 g/mol. The molecule has 0 fully saturated rings. The van der Waals surface area contributed by atoms with E-state index in [1.165, 1.54) is 32.4 Å². The summed E-state index contributed by atoms with van der Waals surface area (Å²) in [5.41, 5.74) is 2.59. The number of benzene rings is 2. The molecule has 3 aromatic rings. The molecule has 0 atom stereocenters. The van der Waals surface area contributed by atoms with E-state index < -0.39 is 24.8 Å². The van der Waals surface area contributed by atoms with Gasteiger partial charge in [0.05, 0.1) is 23.7 Å². The van der Waals surface area contributed by atoms with Crippen LogP contribution in [0.4, 0.5) is 8.78 Å². The number of methoxy groups -OCH3 is 2. The van der Waals surface area contributed by atoms with Gasteiger partial charge in [0.15, 0.2) is 6.61 Å². The van der Waals surface area contributed by atoms with Gasteiger partial charge in [-0.1, -0.05) is 24.3 Å². The molecular formula is C23H23F2N3O4. The van der Waals surface area contributed by atoms with Gasteiger partial charge >= 0.3 is 11.9 Å². The summed E-state index contributed by atoms with van der Waals surface area (Å²) in [7, 11) is 2.91. The first-order chi connectivity index (χ1) is 15.2. The lowest BCUT2D eigenvalue weighted by atomic mass is 10.0. The van der Waals surface area contributed by atoms with Crippen LogP contribution in [0.2, 0.25) is 0 Å². The zero-order valence-electron chi connectivity index (χ0n) is 18.2. The van der Waals surface area contributed by atoms with Gasteiger partial charge in [0.25, 0.3) is 0 Å². The Morgan fingerprint density at radius 1 is 1.25 bits per heavy atom. The molecule has 2 aromatic carbocycles. The van der Waals surface area contributed by atoms with Crippen molar-refractivity contribution < 1.29 is 27.8 Å². The Balaban J connectivity index is 2.16. The van der Waals surface area contributed by atoms with Crippen LogP contribution in [0.3, 0.4) is 0 Å². The maximum atomic E-state index is 14.7. The van der Waals surface area contributed by atoms with Gasteiger partial charge in [0, 0.05) is 32.1 Å². The maximum Gasteiger partial charge on any atom is 0.306 e. The average molecular weight is 443 g/mol. The van der Waals surface area contributed by atoms with Crippen LogP contribution in [0.15, 0.2) is 36.4 Å². The average Bonchev–Trinajstić information content (AvgIpc) is 3.12. The Hall–Kier alpha value is -3.35. The van der Waals surface area contributed by atoms with Gasteiger partial charge < -0.3 is 14.2 Å². The second-order valence-corrected chi connectivity index (χ2v) is 7.28. The van der Waals surface area contributed by atoms with Crippen molar-refractivity contribution in [3.63, 3.8) is 0 Å².